The van der Waals surface area contributed by atoms with E-state index in [2.05, 4.69) is 65.7 Å². The molecule has 100 valence electrons. The van der Waals surface area contributed by atoms with Gasteiger partial charge in [0.25, 0.3) is 0 Å². The zero-order valence-electron chi connectivity index (χ0n) is 11.1. The van der Waals surface area contributed by atoms with Crippen molar-refractivity contribution in [3.63, 3.8) is 0 Å². The Bertz CT molecular complexity index is 422. The minimum Gasteiger partial charge on any atom is -0.364 e. The van der Waals surface area contributed by atoms with Crippen molar-refractivity contribution in [3.05, 3.63) is 26.8 Å². The molecule has 1 aromatic carbocycles. The van der Waals surface area contributed by atoms with Gasteiger partial charge in [-0.2, -0.15) is 0 Å². The number of nitrogens with one attached hydrogen (secondary N) is 1. The van der Waals surface area contributed by atoms with E-state index >= 15 is 0 Å². The van der Waals surface area contributed by atoms with E-state index in [4.69, 9.17) is 11.6 Å². The van der Waals surface area contributed by atoms with Crippen LogP contribution in [0.1, 0.15) is 20.8 Å². The molecule has 1 saturated heterocycles. The molecule has 0 amide bonds. The normalized spacial score (nSPS) is 24.7. The molecule has 18 heavy (non-hydrogen) atoms. The first-order chi connectivity index (χ1) is 8.49. The molecule has 0 aromatic heterocycles. The lowest BCUT2D eigenvalue weighted by atomic mass is 9.98. The van der Waals surface area contributed by atoms with Crippen molar-refractivity contribution in [2.45, 2.75) is 32.9 Å². The van der Waals surface area contributed by atoms with Crippen LogP contribution in [0.4, 0.5) is 5.69 Å². The predicted molar refractivity (Wildman–Crippen MR) is 87.6 cm³/mol. The molecule has 1 N–H and O–H groups in total. The Balaban J connectivity index is 2.32. The smallest absolute Gasteiger partial charge is 0.0650 e. The number of nitrogens with zero attached hydrogens (tertiary/aromatic N) is 1. The summed E-state index contributed by atoms with van der Waals surface area (Å²) in [4.78, 5) is 2.46. The van der Waals surface area contributed by atoms with Gasteiger partial charge in [0.15, 0.2) is 0 Å². The van der Waals surface area contributed by atoms with Crippen LogP contribution in [0.3, 0.4) is 0 Å². The second kappa shape index (κ2) is 5.97. The van der Waals surface area contributed by atoms with Crippen LogP contribution in [0, 0.1) is 9.49 Å². The van der Waals surface area contributed by atoms with Crippen LogP contribution in [-0.2, 0) is 0 Å². The fourth-order valence-corrected chi connectivity index (χ4v) is 3.48. The maximum absolute atomic E-state index is 6.41. The largest absolute Gasteiger partial charge is 0.364 e. The maximum Gasteiger partial charge on any atom is 0.0650 e. The van der Waals surface area contributed by atoms with E-state index in [0.717, 1.165) is 18.1 Å². The van der Waals surface area contributed by atoms with Crippen molar-refractivity contribution in [1.82, 2.24) is 5.32 Å². The summed E-state index contributed by atoms with van der Waals surface area (Å²) in [5.74, 6) is 0.611. The molecule has 1 aliphatic rings. The first-order valence-corrected chi connectivity index (χ1v) is 7.89. The molecule has 4 heteroatoms. The Hall–Kier alpha value is -0.000000000000000132. The first kappa shape index (κ1) is 14.4. The number of halogens is 2. The monoisotopic (exact) mass is 378 g/mol. The lowest BCUT2D eigenvalue weighted by Gasteiger charge is -2.43. The van der Waals surface area contributed by atoms with E-state index in [-0.39, 0.29) is 0 Å². The van der Waals surface area contributed by atoms with Gasteiger partial charge in [0.1, 0.15) is 0 Å². The van der Waals surface area contributed by atoms with Crippen LogP contribution in [0.5, 0.6) is 0 Å². The van der Waals surface area contributed by atoms with Gasteiger partial charge in [0.05, 0.1) is 10.7 Å². The average Bonchev–Trinajstić information content (AvgIpc) is 2.28. The molecular weight excluding hydrogens is 359 g/mol. The molecular formula is C14H20ClIN2. The van der Waals surface area contributed by atoms with E-state index in [9.17, 15) is 0 Å². The molecule has 0 spiro atoms. The van der Waals surface area contributed by atoms with E-state index in [1.165, 1.54) is 9.26 Å². The highest BCUT2D eigenvalue weighted by atomic mass is 127. The molecule has 1 heterocycles. The third kappa shape index (κ3) is 3.11. The predicted octanol–water partition coefficient (Wildman–Crippen LogP) is 3.77. The summed E-state index contributed by atoms with van der Waals surface area (Å²) in [5.41, 5.74) is 1.17. The molecule has 2 nitrogen and oxygen atoms in total. The van der Waals surface area contributed by atoms with Crippen LogP contribution < -0.4 is 10.2 Å². The van der Waals surface area contributed by atoms with Crippen LogP contribution in [-0.4, -0.2) is 25.2 Å². The maximum atomic E-state index is 6.41. The molecule has 0 bridgehead atoms. The number of rotatable bonds is 2. The standard InChI is InChI=1S/C14H20ClIN2/c1-9(2)14-7-17-10(3)8-18(14)13-5-4-11(16)6-12(13)15/h4-6,9-10,14,17H,7-8H2,1-3H3. The van der Waals surface area contributed by atoms with Gasteiger partial charge in [-0.05, 0) is 53.6 Å². The number of hydrogen-bond donors (Lipinski definition) is 1. The van der Waals surface area contributed by atoms with Crippen LogP contribution in [0.2, 0.25) is 5.02 Å². The Labute approximate surface area is 128 Å². The van der Waals surface area contributed by atoms with Gasteiger partial charge in [-0.3, -0.25) is 0 Å². The quantitative estimate of drug-likeness (QED) is 0.788. The van der Waals surface area contributed by atoms with Crippen molar-refractivity contribution in [1.29, 1.82) is 0 Å². The van der Waals surface area contributed by atoms with Crippen molar-refractivity contribution >= 4 is 39.9 Å². The van der Waals surface area contributed by atoms with Crippen molar-refractivity contribution in [2.24, 2.45) is 5.92 Å². The SMILES string of the molecule is CC1CN(c2ccc(I)cc2Cl)C(C(C)C)CN1. The fraction of sp³-hybridized carbons (Fsp3) is 0.571. The van der Waals surface area contributed by atoms with Crippen LogP contribution >= 0.6 is 34.2 Å². The topological polar surface area (TPSA) is 15.3 Å². The minimum absolute atomic E-state index is 0.510. The zero-order chi connectivity index (χ0) is 13.3. The summed E-state index contributed by atoms with van der Waals surface area (Å²) in [6.45, 7) is 8.82. The van der Waals surface area contributed by atoms with Gasteiger partial charge in [0.2, 0.25) is 0 Å². The molecule has 0 aliphatic carbocycles. The third-order valence-electron chi connectivity index (χ3n) is 3.54. The van der Waals surface area contributed by atoms with Gasteiger partial charge >= 0.3 is 0 Å². The number of benzene rings is 1. The lowest BCUT2D eigenvalue weighted by molar-refractivity contribution is 0.349. The molecule has 1 fully saturated rings. The molecule has 0 radical (unpaired) electrons. The minimum atomic E-state index is 0.510. The summed E-state index contributed by atoms with van der Waals surface area (Å²) < 4.78 is 1.19. The molecule has 1 aromatic rings. The first-order valence-electron chi connectivity index (χ1n) is 6.44. The second-order valence-electron chi connectivity index (χ2n) is 5.37. The molecule has 2 rings (SSSR count). The third-order valence-corrected chi connectivity index (χ3v) is 4.51. The van der Waals surface area contributed by atoms with Crippen molar-refractivity contribution in [2.75, 3.05) is 18.0 Å². The average molecular weight is 379 g/mol. The highest BCUT2D eigenvalue weighted by Crippen LogP contribution is 2.31. The fourth-order valence-electron chi connectivity index (χ4n) is 2.51. The summed E-state index contributed by atoms with van der Waals surface area (Å²) in [6, 6.07) is 7.35. The summed E-state index contributed by atoms with van der Waals surface area (Å²) in [6.07, 6.45) is 0. The van der Waals surface area contributed by atoms with Crippen LogP contribution in [0.15, 0.2) is 18.2 Å². The van der Waals surface area contributed by atoms with Gasteiger partial charge in [-0.25, -0.2) is 0 Å². The van der Waals surface area contributed by atoms with Gasteiger partial charge in [-0.15, -0.1) is 0 Å². The molecule has 1 aliphatic heterocycles. The Morgan fingerprint density at radius 3 is 2.78 bits per heavy atom. The zero-order valence-corrected chi connectivity index (χ0v) is 14.0. The second-order valence-corrected chi connectivity index (χ2v) is 7.02. The van der Waals surface area contributed by atoms with Crippen LogP contribution in [0.25, 0.3) is 0 Å². The van der Waals surface area contributed by atoms with Gasteiger partial charge in [-0.1, -0.05) is 25.4 Å². The van der Waals surface area contributed by atoms with E-state index in [0.29, 0.717) is 18.0 Å². The van der Waals surface area contributed by atoms with E-state index in [1.807, 2.05) is 6.07 Å². The number of piperazine rings is 1. The van der Waals surface area contributed by atoms with E-state index in [1.54, 1.807) is 0 Å². The number of anilines is 1. The van der Waals surface area contributed by atoms with Gasteiger partial charge in [0, 0.05) is 28.7 Å². The molecule has 2 unspecified atom stereocenters. The van der Waals surface area contributed by atoms with Crippen molar-refractivity contribution in [3.8, 4) is 0 Å². The molecule has 0 saturated carbocycles. The highest BCUT2D eigenvalue weighted by molar-refractivity contribution is 14.1. The molecule has 2 atom stereocenters. The summed E-state index contributed by atoms with van der Waals surface area (Å²) >= 11 is 8.71. The van der Waals surface area contributed by atoms with Crippen molar-refractivity contribution < 1.29 is 0 Å². The summed E-state index contributed by atoms with van der Waals surface area (Å²) in [7, 11) is 0. The lowest BCUT2D eigenvalue weighted by Crippen LogP contribution is -2.57. The van der Waals surface area contributed by atoms with E-state index < -0.39 is 0 Å². The Morgan fingerprint density at radius 2 is 2.17 bits per heavy atom. The number of hydrogen-bond acceptors (Lipinski definition) is 2. The Morgan fingerprint density at radius 1 is 1.44 bits per heavy atom. The highest BCUT2D eigenvalue weighted by Gasteiger charge is 2.29. The van der Waals surface area contributed by atoms with Gasteiger partial charge < -0.3 is 10.2 Å². The Kier molecular flexibility index (Phi) is 4.78. The summed E-state index contributed by atoms with van der Waals surface area (Å²) in [5, 5.41) is 4.42.